The number of nitrogens with one attached hydrogen (secondary N) is 1. The molecule has 0 radical (unpaired) electrons. The molecule has 0 rings (SSSR count). The third-order valence-corrected chi connectivity index (χ3v) is 8.94. The van der Waals surface area contributed by atoms with Gasteiger partial charge in [-0.05, 0) is 44.9 Å². The molecule has 0 heterocycles. The Morgan fingerprint density at radius 2 is 1.12 bits per heavy atom. The molecule has 286 valence electrons. The lowest BCUT2D eigenvalue weighted by Crippen LogP contribution is -2.43. The van der Waals surface area contributed by atoms with Gasteiger partial charge in [-0.3, -0.25) is 18.6 Å². The molecule has 0 aromatic carbocycles. The van der Waals surface area contributed by atoms with Gasteiger partial charge in [-0.2, -0.15) is 0 Å². The van der Waals surface area contributed by atoms with Gasteiger partial charge >= 0.3 is 19.8 Å². The molecule has 49 heavy (non-hydrogen) atoms. The Labute approximate surface area is 296 Å². The summed E-state index contributed by atoms with van der Waals surface area (Å²) < 4.78 is 26.6. The van der Waals surface area contributed by atoms with Crippen molar-refractivity contribution in [3.05, 3.63) is 24.3 Å². The number of phosphoric acid groups is 1. The molecule has 1 amide bonds. The van der Waals surface area contributed by atoms with Gasteiger partial charge in [0.25, 0.3) is 0 Å². The topological polar surface area (TPSA) is 169 Å². The van der Waals surface area contributed by atoms with Crippen LogP contribution in [0.15, 0.2) is 24.3 Å². The highest BCUT2D eigenvalue weighted by Gasteiger charge is 2.28. The summed E-state index contributed by atoms with van der Waals surface area (Å²) in [6.07, 6.45) is 31.0. The Morgan fingerprint density at radius 1 is 0.653 bits per heavy atom. The van der Waals surface area contributed by atoms with E-state index in [0.29, 0.717) is 12.8 Å². The van der Waals surface area contributed by atoms with Crippen LogP contribution in [0, 0.1) is 0 Å². The molecule has 0 saturated carbocycles. The van der Waals surface area contributed by atoms with E-state index in [2.05, 4.69) is 43.5 Å². The van der Waals surface area contributed by atoms with Crippen LogP contribution >= 0.6 is 7.82 Å². The third kappa shape index (κ3) is 32.9. The lowest BCUT2D eigenvalue weighted by Gasteiger charge is -2.18. The average molecular weight is 718 g/mol. The second kappa shape index (κ2) is 33.1. The summed E-state index contributed by atoms with van der Waals surface area (Å²) in [5.41, 5.74) is 0. The van der Waals surface area contributed by atoms with E-state index >= 15 is 0 Å². The minimum absolute atomic E-state index is 0.145. The lowest BCUT2D eigenvalue weighted by atomic mass is 10.1. The van der Waals surface area contributed by atoms with Crippen LogP contribution in [0.2, 0.25) is 0 Å². The SMILES string of the molecule is CCCCCC/C=C\C/C=C\CCCCCCCCCC(=O)OCC(O)COP(=O)(O)OCC(NC(=O)CCCCCCCCC)C(=O)O. The number of aliphatic hydroxyl groups is 1. The molecular formula is C37H68NO10P. The number of hydrogen-bond acceptors (Lipinski definition) is 8. The molecule has 3 unspecified atom stereocenters. The van der Waals surface area contributed by atoms with Gasteiger partial charge in [0.05, 0.1) is 13.2 Å². The first-order chi connectivity index (χ1) is 23.6. The number of aliphatic hydroxyl groups excluding tert-OH is 1. The van der Waals surface area contributed by atoms with Gasteiger partial charge in [0.2, 0.25) is 5.91 Å². The Hall–Kier alpha value is -2.04. The summed E-state index contributed by atoms with van der Waals surface area (Å²) in [5.74, 6) is -2.39. The Balaban J connectivity index is 3.90. The van der Waals surface area contributed by atoms with Crippen LogP contribution < -0.4 is 5.32 Å². The summed E-state index contributed by atoms with van der Waals surface area (Å²) >= 11 is 0. The second-order valence-corrected chi connectivity index (χ2v) is 14.2. The Bertz CT molecular complexity index is 942. The molecule has 0 aliphatic rings. The van der Waals surface area contributed by atoms with Crippen molar-refractivity contribution in [1.82, 2.24) is 5.32 Å². The standard InChI is InChI=1S/C37H68NO10P/c1-3-5-7-9-11-12-13-14-15-16-17-18-19-20-21-23-25-27-29-36(41)46-30-33(39)31-47-49(44,45)48-32-34(37(42)43)38-35(40)28-26-24-22-10-8-6-4-2/h12-13,15-16,33-34,39H,3-11,14,17-32H2,1-2H3,(H,38,40)(H,42,43)(H,44,45)/b13-12-,16-15-. The van der Waals surface area contributed by atoms with Crippen LogP contribution in [0.1, 0.15) is 162 Å². The number of phosphoric ester groups is 1. The van der Waals surface area contributed by atoms with Crippen LogP contribution in [0.4, 0.5) is 0 Å². The minimum atomic E-state index is -4.74. The molecule has 0 aliphatic heterocycles. The highest BCUT2D eigenvalue weighted by molar-refractivity contribution is 7.47. The number of rotatable bonds is 35. The number of unbranched alkanes of at least 4 members (excludes halogenated alkanes) is 17. The molecule has 0 bridgehead atoms. The van der Waals surface area contributed by atoms with Crippen LogP contribution in [0.25, 0.3) is 0 Å². The summed E-state index contributed by atoms with van der Waals surface area (Å²) in [5, 5.41) is 21.6. The van der Waals surface area contributed by atoms with Gasteiger partial charge in [-0.1, -0.05) is 128 Å². The van der Waals surface area contributed by atoms with Gasteiger partial charge in [0.1, 0.15) is 12.7 Å². The number of carboxylic acids is 1. The van der Waals surface area contributed by atoms with Crippen LogP contribution in [-0.4, -0.2) is 64.9 Å². The largest absolute Gasteiger partial charge is 0.480 e. The number of carboxylic acid groups (broad SMARTS) is 1. The van der Waals surface area contributed by atoms with Crippen molar-refractivity contribution in [2.75, 3.05) is 19.8 Å². The normalized spacial score (nSPS) is 14.2. The minimum Gasteiger partial charge on any atom is -0.480 e. The van der Waals surface area contributed by atoms with E-state index in [4.69, 9.17) is 13.8 Å². The molecule has 11 nitrogen and oxygen atoms in total. The molecule has 0 spiro atoms. The highest BCUT2D eigenvalue weighted by atomic mass is 31.2. The number of allylic oxidation sites excluding steroid dienone is 4. The average Bonchev–Trinajstić information content (AvgIpc) is 3.07. The van der Waals surface area contributed by atoms with Crippen molar-refractivity contribution >= 4 is 25.7 Å². The molecule has 0 aromatic heterocycles. The van der Waals surface area contributed by atoms with E-state index in [1.165, 1.54) is 57.8 Å². The number of carbonyl (C=O) groups excluding carboxylic acids is 2. The maximum atomic E-state index is 12.2. The number of hydrogen-bond donors (Lipinski definition) is 4. The monoisotopic (exact) mass is 717 g/mol. The van der Waals surface area contributed by atoms with Crippen molar-refractivity contribution in [2.24, 2.45) is 0 Å². The summed E-state index contributed by atoms with van der Waals surface area (Å²) in [4.78, 5) is 45.4. The lowest BCUT2D eigenvalue weighted by molar-refractivity contribution is -0.147. The molecule has 4 N–H and O–H groups in total. The van der Waals surface area contributed by atoms with E-state index in [1.807, 2.05) is 0 Å². The summed E-state index contributed by atoms with van der Waals surface area (Å²) in [7, 11) is -4.74. The molecule has 3 atom stereocenters. The predicted molar refractivity (Wildman–Crippen MR) is 194 cm³/mol. The summed E-state index contributed by atoms with van der Waals surface area (Å²) in [6.45, 7) is 2.48. The fraction of sp³-hybridized carbons (Fsp3) is 0.811. The van der Waals surface area contributed by atoms with E-state index in [0.717, 1.165) is 64.2 Å². The zero-order valence-corrected chi connectivity index (χ0v) is 31.4. The van der Waals surface area contributed by atoms with Gasteiger partial charge in [0.15, 0.2) is 6.04 Å². The number of amides is 1. The molecule has 0 aromatic rings. The molecule has 0 saturated heterocycles. The first-order valence-electron chi connectivity index (χ1n) is 18.9. The molecule has 12 heteroatoms. The predicted octanol–water partition coefficient (Wildman–Crippen LogP) is 8.72. The van der Waals surface area contributed by atoms with Gasteiger partial charge in [-0.25, -0.2) is 9.36 Å². The van der Waals surface area contributed by atoms with Crippen LogP contribution in [0.5, 0.6) is 0 Å². The van der Waals surface area contributed by atoms with Gasteiger partial charge in [0, 0.05) is 12.8 Å². The van der Waals surface area contributed by atoms with Crippen molar-refractivity contribution in [2.45, 2.75) is 174 Å². The molecular weight excluding hydrogens is 649 g/mol. The number of ether oxygens (including phenoxy) is 1. The van der Waals surface area contributed by atoms with Crippen molar-refractivity contribution in [3.8, 4) is 0 Å². The third-order valence-electron chi connectivity index (χ3n) is 7.99. The quantitative estimate of drug-likeness (QED) is 0.0215. The zero-order chi connectivity index (χ0) is 36.4. The maximum absolute atomic E-state index is 12.2. The van der Waals surface area contributed by atoms with Crippen LogP contribution in [-0.2, 0) is 32.7 Å². The maximum Gasteiger partial charge on any atom is 0.472 e. The highest BCUT2D eigenvalue weighted by Crippen LogP contribution is 2.43. The summed E-state index contributed by atoms with van der Waals surface area (Å²) in [6, 6.07) is -1.54. The number of esters is 1. The van der Waals surface area contributed by atoms with E-state index in [1.54, 1.807) is 0 Å². The van der Waals surface area contributed by atoms with Gasteiger partial charge < -0.3 is 25.2 Å². The van der Waals surface area contributed by atoms with Crippen molar-refractivity contribution < 1.29 is 47.8 Å². The fourth-order valence-corrected chi connectivity index (χ4v) is 5.76. The Morgan fingerprint density at radius 3 is 1.67 bits per heavy atom. The fourth-order valence-electron chi connectivity index (χ4n) is 4.99. The Kier molecular flexibility index (Phi) is 31.7. The number of carbonyl (C=O) groups is 3. The van der Waals surface area contributed by atoms with E-state index in [9.17, 15) is 34.1 Å². The van der Waals surface area contributed by atoms with E-state index < -0.39 is 57.6 Å². The smallest absolute Gasteiger partial charge is 0.472 e. The number of aliphatic carboxylic acids is 1. The van der Waals surface area contributed by atoms with Crippen LogP contribution in [0.3, 0.4) is 0 Å². The molecule has 0 fully saturated rings. The molecule has 0 aliphatic carbocycles. The van der Waals surface area contributed by atoms with E-state index in [-0.39, 0.29) is 12.8 Å². The van der Waals surface area contributed by atoms with Gasteiger partial charge in [-0.15, -0.1) is 0 Å². The first kappa shape index (κ1) is 47.0. The van der Waals surface area contributed by atoms with Crippen molar-refractivity contribution in [1.29, 1.82) is 0 Å². The zero-order valence-electron chi connectivity index (χ0n) is 30.5. The first-order valence-corrected chi connectivity index (χ1v) is 20.4. The van der Waals surface area contributed by atoms with Crippen molar-refractivity contribution in [3.63, 3.8) is 0 Å². The second-order valence-electron chi connectivity index (χ2n) is 12.8.